The minimum atomic E-state index is 0.266. The third kappa shape index (κ3) is 1.57. The lowest BCUT2D eigenvalue weighted by Crippen LogP contribution is -1.83. The van der Waals surface area contributed by atoms with Crippen LogP contribution in [0.1, 0.15) is 0 Å². The van der Waals surface area contributed by atoms with Crippen molar-refractivity contribution in [3.63, 3.8) is 0 Å². The maximum Gasteiger partial charge on any atom is 0.142 e. The van der Waals surface area contributed by atoms with Crippen molar-refractivity contribution >= 4 is 21.8 Å². The zero-order valence-electron chi connectivity index (χ0n) is 10.7. The molecule has 0 aliphatic rings. The van der Waals surface area contributed by atoms with Gasteiger partial charge in [-0.25, -0.2) is 4.98 Å². The van der Waals surface area contributed by atoms with Crippen molar-refractivity contribution in [1.82, 2.24) is 9.97 Å². The SMILES string of the molecule is Oc1c(-c2nc3ccccc3[nH]2)ccc2ccccc12. The molecule has 0 aliphatic heterocycles. The number of phenols is 1. The number of hydrogen-bond donors (Lipinski definition) is 2. The van der Waals surface area contributed by atoms with Gasteiger partial charge in [-0.15, -0.1) is 0 Å². The zero-order chi connectivity index (χ0) is 13.5. The van der Waals surface area contributed by atoms with Crippen LogP contribution in [0.15, 0.2) is 60.7 Å². The molecule has 0 bridgehead atoms. The number of aromatic hydroxyl groups is 1. The molecule has 0 saturated heterocycles. The molecule has 20 heavy (non-hydrogen) atoms. The summed E-state index contributed by atoms with van der Waals surface area (Å²) >= 11 is 0. The van der Waals surface area contributed by atoms with Crippen LogP contribution in [0, 0.1) is 0 Å². The van der Waals surface area contributed by atoms with E-state index in [4.69, 9.17) is 0 Å². The van der Waals surface area contributed by atoms with Crippen molar-refractivity contribution in [2.24, 2.45) is 0 Å². The van der Waals surface area contributed by atoms with E-state index in [1.165, 1.54) is 0 Å². The first-order valence-electron chi connectivity index (χ1n) is 6.49. The topological polar surface area (TPSA) is 48.9 Å². The molecule has 3 aromatic carbocycles. The van der Waals surface area contributed by atoms with Crippen LogP contribution in [0.4, 0.5) is 0 Å². The van der Waals surface area contributed by atoms with Gasteiger partial charge >= 0.3 is 0 Å². The number of hydrogen-bond acceptors (Lipinski definition) is 2. The molecule has 0 spiro atoms. The van der Waals surface area contributed by atoms with E-state index >= 15 is 0 Å². The molecule has 0 amide bonds. The van der Waals surface area contributed by atoms with E-state index in [9.17, 15) is 5.11 Å². The summed E-state index contributed by atoms with van der Waals surface area (Å²) in [6.07, 6.45) is 0. The Kier molecular flexibility index (Phi) is 2.27. The van der Waals surface area contributed by atoms with Crippen molar-refractivity contribution in [3.8, 4) is 17.1 Å². The average molecular weight is 260 g/mol. The van der Waals surface area contributed by atoms with Gasteiger partial charge in [0.05, 0.1) is 16.6 Å². The molecule has 0 fully saturated rings. The summed E-state index contributed by atoms with van der Waals surface area (Å²) in [5.41, 5.74) is 2.59. The van der Waals surface area contributed by atoms with Crippen LogP contribution in [-0.4, -0.2) is 15.1 Å². The Bertz CT molecular complexity index is 891. The van der Waals surface area contributed by atoms with Crippen LogP contribution in [0.5, 0.6) is 5.75 Å². The molecule has 0 aliphatic carbocycles. The number of aromatic amines is 1. The summed E-state index contributed by atoms with van der Waals surface area (Å²) in [5, 5.41) is 12.3. The van der Waals surface area contributed by atoms with E-state index in [-0.39, 0.29) is 5.75 Å². The fraction of sp³-hybridized carbons (Fsp3) is 0. The highest BCUT2D eigenvalue weighted by molar-refractivity contribution is 5.94. The van der Waals surface area contributed by atoms with Crippen LogP contribution < -0.4 is 0 Å². The Morgan fingerprint density at radius 2 is 1.65 bits per heavy atom. The third-order valence-electron chi connectivity index (χ3n) is 3.55. The highest BCUT2D eigenvalue weighted by Crippen LogP contribution is 2.35. The van der Waals surface area contributed by atoms with Gasteiger partial charge in [0.1, 0.15) is 11.6 Å². The van der Waals surface area contributed by atoms with E-state index in [1.807, 2.05) is 60.7 Å². The van der Waals surface area contributed by atoms with Gasteiger partial charge in [-0.05, 0) is 23.6 Å². The molecule has 0 atom stereocenters. The monoisotopic (exact) mass is 260 g/mol. The zero-order valence-corrected chi connectivity index (χ0v) is 10.7. The van der Waals surface area contributed by atoms with Crippen LogP contribution in [0.25, 0.3) is 33.2 Å². The maximum absolute atomic E-state index is 10.5. The second-order valence-corrected chi connectivity index (χ2v) is 4.79. The first kappa shape index (κ1) is 11.1. The number of fused-ring (bicyclic) bond motifs is 2. The Morgan fingerprint density at radius 1 is 0.850 bits per heavy atom. The lowest BCUT2D eigenvalue weighted by atomic mass is 10.1. The van der Waals surface area contributed by atoms with Gasteiger partial charge < -0.3 is 10.1 Å². The molecule has 0 saturated carbocycles. The summed E-state index contributed by atoms with van der Waals surface area (Å²) in [7, 11) is 0. The van der Waals surface area contributed by atoms with Crippen molar-refractivity contribution < 1.29 is 5.11 Å². The Balaban J connectivity index is 1.99. The molecular weight excluding hydrogens is 248 g/mol. The molecule has 3 nitrogen and oxygen atoms in total. The van der Waals surface area contributed by atoms with Crippen molar-refractivity contribution in [3.05, 3.63) is 60.7 Å². The van der Waals surface area contributed by atoms with Crippen LogP contribution >= 0.6 is 0 Å². The second-order valence-electron chi connectivity index (χ2n) is 4.79. The molecule has 0 radical (unpaired) electrons. The second kappa shape index (κ2) is 4.10. The van der Waals surface area contributed by atoms with Gasteiger partial charge in [-0.2, -0.15) is 0 Å². The van der Waals surface area contributed by atoms with Gasteiger partial charge in [0, 0.05) is 5.39 Å². The molecule has 4 rings (SSSR count). The lowest BCUT2D eigenvalue weighted by Gasteiger charge is -2.05. The molecule has 2 N–H and O–H groups in total. The predicted molar refractivity (Wildman–Crippen MR) is 80.7 cm³/mol. The number of H-pyrrole nitrogens is 1. The molecule has 3 heteroatoms. The fourth-order valence-electron chi connectivity index (χ4n) is 2.53. The van der Waals surface area contributed by atoms with Crippen LogP contribution in [0.3, 0.4) is 0 Å². The Labute approximate surface area is 115 Å². The fourth-order valence-corrected chi connectivity index (χ4v) is 2.53. The number of phenolic OH excluding ortho intramolecular Hbond substituents is 1. The number of rotatable bonds is 1. The summed E-state index contributed by atoms with van der Waals surface area (Å²) in [5.74, 6) is 0.955. The lowest BCUT2D eigenvalue weighted by molar-refractivity contribution is 0.483. The highest BCUT2D eigenvalue weighted by atomic mass is 16.3. The third-order valence-corrected chi connectivity index (χ3v) is 3.55. The number of aromatic nitrogens is 2. The van der Waals surface area contributed by atoms with E-state index < -0.39 is 0 Å². The molecule has 1 aromatic heterocycles. The van der Waals surface area contributed by atoms with Gasteiger partial charge in [-0.1, -0.05) is 42.5 Å². The Hall–Kier alpha value is -2.81. The van der Waals surface area contributed by atoms with Crippen LogP contribution in [0.2, 0.25) is 0 Å². The van der Waals surface area contributed by atoms with Gasteiger partial charge in [0.2, 0.25) is 0 Å². The van der Waals surface area contributed by atoms with E-state index in [0.717, 1.165) is 27.4 Å². The first-order chi connectivity index (χ1) is 9.83. The van der Waals surface area contributed by atoms with E-state index in [2.05, 4.69) is 9.97 Å². The average Bonchev–Trinajstić information content (AvgIpc) is 2.91. The molecule has 4 aromatic rings. The number of nitrogens with one attached hydrogen (secondary N) is 1. The number of nitrogens with zero attached hydrogens (tertiary/aromatic N) is 1. The summed E-state index contributed by atoms with van der Waals surface area (Å²) < 4.78 is 0. The van der Waals surface area contributed by atoms with Gasteiger partial charge in [0.25, 0.3) is 0 Å². The van der Waals surface area contributed by atoms with Crippen molar-refractivity contribution in [1.29, 1.82) is 0 Å². The highest BCUT2D eigenvalue weighted by Gasteiger charge is 2.11. The summed E-state index contributed by atoms with van der Waals surface area (Å²) in [6.45, 7) is 0. The molecule has 0 unspecified atom stereocenters. The van der Waals surface area contributed by atoms with Crippen molar-refractivity contribution in [2.45, 2.75) is 0 Å². The van der Waals surface area contributed by atoms with Gasteiger partial charge in [-0.3, -0.25) is 0 Å². The molecular formula is C17H12N2O. The summed E-state index contributed by atoms with van der Waals surface area (Å²) in [6, 6.07) is 19.5. The van der Waals surface area contributed by atoms with Crippen molar-refractivity contribution in [2.75, 3.05) is 0 Å². The largest absolute Gasteiger partial charge is 0.507 e. The number of imidazole rings is 1. The predicted octanol–water partition coefficient (Wildman–Crippen LogP) is 4.09. The van der Waals surface area contributed by atoms with Crippen LogP contribution in [-0.2, 0) is 0 Å². The first-order valence-corrected chi connectivity index (χ1v) is 6.49. The molecule has 1 heterocycles. The maximum atomic E-state index is 10.5. The summed E-state index contributed by atoms with van der Waals surface area (Å²) in [4.78, 5) is 7.78. The normalized spacial score (nSPS) is 11.2. The number of benzene rings is 3. The number of para-hydroxylation sites is 2. The quantitative estimate of drug-likeness (QED) is 0.541. The Morgan fingerprint density at radius 3 is 2.55 bits per heavy atom. The standard InChI is InChI=1S/C17H12N2O/c20-16-12-6-2-1-5-11(12)9-10-13(16)17-18-14-7-3-4-8-15(14)19-17/h1-10,20H,(H,18,19). The smallest absolute Gasteiger partial charge is 0.142 e. The minimum absolute atomic E-state index is 0.266. The minimum Gasteiger partial charge on any atom is -0.507 e. The van der Waals surface area contributed by atoms with Gasteiger partial charge in [0.15, 0.2) is 0 Å². The van der Waals surface area contributed by atoms with E-state index in [1.54, 1.807) is 0 Å². The molecule has 96 valence electrons. The van der Waals surface area contributed by atoms with E-state index in [0.29, 0.717) is 5.82 Å².